The number of ether oxygens (including phenoxy) is 2. The maximum Gasteiger partial charge on any atom is 0.280 e. The smallest absolute Gasteiger partial charge is 0.280 e. The lowest BCUT2D eigenvalue weighted by Crippen LogP contribution is -2.15. The molecule has 0 radical (unpaired) electrons. The van der Waals surface area contributed by atoms with Crippen molar-refractivity contribution in [3.8, 4) is 5.75 Å². The van der Waals surface area contributed by atoms with Crippen LogP contribution in [0.25, 0.3) is 5.65 Å². The highest BCUT2D eigenvalue weighted by Gasteiger charge is 2.15. The molecule has 3 aromatic heterocycles. The average molecular weight is 427 g/mol. The highest BCUT2D eigenvalue weighted by molar-refractivity contribution is 6.03. The molecule has 3 heterocycles. The Morgan fingerprint density at radius 1 is 1.24 bits per heavy atom. The molecule has 7 nitrogen and oxygen atoms in total. The molecule has 0 unspecified atom stereocenters. The molecule has 0 spiro atoms. The van der Waals surface area contributed by atoms with Gasteiger partial charge in [-0.2, -0.15) is 0 Å². The topological polar surface area (TPSA) is 77.8 Å². The number of amides is 1. The number of nitrogens with zero attached hydrogens (tertiary/aromatic N) is 3. The van der Waals surface area contributed by atoms with Crippen LogP contribution in [-0.4, -0.2) is 41.1 Å². The highest BCUT2D eigenvalue weighted by Crippen LogP contribution is 2.25. The predicted molar refractivity (Wildman–Crippen MR) is 106 cm³/mol. The molecule has 3 aromatic rings. The number of alkyl halides is 2. The third-order valence-corrected chi connectivity index (χ3v) is 4.05. The van der Waals surface area contributed by atoms with Crippen LogP contribution in [0.5, 0.6) is 5.75 Å². The number of nitrogens with one attached hydrogen (secondary N) is 1. The summed E-state index contributed by atoms with van der Waals surface area (Å²) in [7, 11) is 3.15. The van der Waals surface area contributed by atoms with E-state index in [0.717, 1.165) is 18.5 Å². The Morgan fingerprint density at radius 2 is 2.03 bits per heavy atom. The largest absolute Gasteiger partial charge is 0.493 e. The summed E-state index contributed by atoms with van der Waals surface area (Å²) >= 11 is 0. The molecule has 0 saturated carbocycles. The van der Waals surface area contributed by atoms with Crippen LogP contribution in [0.4, 0.5) is 14.5 Å². The van der Waals surface area contributed by atoms with Crippen molar-refractivity contribution in [3.63, 3.8) is 0 Å². The molecule has 0 bridgehead atoms. The van der Waals surface area contributed by atoms with Crippen LogP contribution in [0, 0.1) is 0 Å². The van der Waals surface area contributed by atoms with E-state index in [4.69, 9.17) is 9.47 Å². The van der Waals surface area contributed by atoms with E-state index in [1.807, 2.05) is 6.20 Å². The number of aryl methyl sites for hydroxylation is 1. The van der Waals surface area contributed by atoms with Gasteiger partial charge in [-0.15, -0.1) is 12.4 Å². The number of carbonyl (C=O) groups excluding carboxylic acids is 1. The fourth-order valence-electron chi connectivity index (χ4n) is 2.75. The van der Waals surface area contributed by atoms with Gasteiger partial charge in [0.1, 0.15) is 11.4 Å². The standard InChI is InChI=1S/C19H20F2N4O3.ClH/c1-27-8-4-5-12-10-25-11-13(9-16(28-2)18(25)22-12)23-19(26)15-7-3-6-14(24-15)17(20)21;/h3,6-7,9-11,17H,4-5,8H2,1-2H3,(H,23,26);1H. The summed E-state index contributed by atoms with van der Waals surface area (Å²) in [5.41, 5.74) is 1.37. The van der Waals surface area contributed by atoms with Crippen molar-refractivity contribution >= 4 is 29.6 Å². The Hall–Kier alpha value is -2.78. The van der Waals surface area contributed by atoms with E-state index in [9.17, 15) is 13.6 Å². The van der Waals surface area contributed by atoms with E-state index >= 15 is 0 Å². The SMILES string of the molecule is COCCCc1cn2cc(NC(=O)c3cccc(C(F)F)n3)cc(OC)c2n1.Cl. The zero-order valence-electron chi connectivity index (χ0n) is 15.9. The molecule has 0 atom stereocenters. The number of hydrogen-bond donors (Lipinski definition) is 1. The zero-order valence-corrected chi connectivity index (χ0v) is 16.7. The normalized spacial score (nSPS) is 10.8. The van der Waals surface area contributed by atoms with Crippen LogP contribution < -0.4 is 10.1 Å². The van der Waals surface area contributed by atoms with E-state index in [-0.39, 0.29) is 18.1 Å². The third kappa shape index (κ3) is 5.39. The number of fused-ring (bicyclic) bond motifs is 1. The van der Waals surface area contributed by atoms with Crippen molar-refractivity contribution in [1.82, 2.24) is 14.4 Å². The molecule has 3 rings (SSSR count). The van der Waals surface area contributed by atoms with Gasteiger partial charge in [0, 0.05) is 32.2 Å². The zero-order chi connectivity index (χ0) is 20.1. The van der Waals surface area contributed by atoms with E-state index < -0.39 is 18.0 Å². The minimum atomic E-state index is -2.74. The number of anilines is 1. The van der Waals surface area contributed by atoms with Gasteiger partial charge in [-0.1, -0.05) is 6.07 Å². The third-order valence-electron chi connectivity index (χ3n) is 4.05. The Balaban J connectivity index is 0.00000300. The molecule has 0 saturated heterocycles. The van der Waals surface area contributed by atoms with E-state index in [1.54, 1.807) is 23.8 Å². The van der Waals surface area contributed by atoms with Gasteiger partial charge in [-0.3, -0.25) is 4.79 Å². The van der Waals surface area contributed by atoms with Crippen LogP contribution >= 0.6 is 12.4 Å². The van der Waals surface area contributed by atoms with Gasteiger partial charge in [0.25, 0.3) is 12.3 Å². The number of imidazole rings is 1. The number of carbonyl (C=O) groups is 1. The Kier molecular flexibility index (Phi) is 7.86. The predicted octanol–water partition coefficient (Wildman–Crippen LogP) is 3.93. The molecule has 1 N–H and O–H groups in total. The summed E-state index contributed by atoms with van der Waals surface area (Å²) in [6.45, 7) is 0.636. The summed E-state index contributed by atoms with van der Waals surface area (Å²) in [6, 6.07) is 5.54. The molecule has 0 aliphatic heterocycles. The summed E-state index contributed by atoms with van der Waals surface area (Å²) in [5, 5.41) is 2.66. The monoisotopic (exact) mass is 426 g/mol. The van der Waals surface area contributed by atoms with Gasteiger partial charge < -0.3 is 19.2 Å². The Labute approximate surface area is 172 Å². The first-order valence-corrected chi connectivity index (χ1v) is 8.63. The van der Waals surface area contributed by atoms with Crippen LogP contribution in [0.1, 0.15) is 34.7 Å². The van der Waals surface area contributed by atoms with E-state index in [2.05, 4.69) is 15.3 Å². The summed E-state index contributed by atoms with van der Waals surface area (Å²) in [4.78, 5) is 20.6. The van der Waals surface area contributed by atoms with E-state index in [0.29, 0.717) is 23.7 Å². The maximum atomic E-state index is 12.8. The molecule has 0 aliphatic carbocycles. The number of aromatic nitrogens is 3. The Morgan fingerprint density at radius 3 is 2.72 bits per heavy atom. The van der Waals surface area contributed by atoms with Crippen molar-refractivity contribution in [3.05, 3.63) is 53.7 Å². The maximum absolute atomic E-state index is 12.8. The minimum absolute atomic E-state index is 0. The summed E-state index contributed by atoms with van der Waals surface area (Å²) in [5.74, 6) is -0.116. The second kappa shape index (κ2) is 10.1. The second-order valence-electron chi connectivity index (χ2n) is 6.06. The molecule has 10 heteroatoms. The lowest BCUT2D eigenvalue weighted by molar-refractivity contribution is 0.102. The second-order valence-corrected chi connectivity index (χ2v) is 6.06. The van der Waals surface area contributed by atoms with Crippen LogP contribution in [0.3, 0.4) is 0 Å². The van der Waals surface area contributed by atoms with Gasteiger partial charge in [0.05, 0.1) is 18.5 Å². The van der Waals surface area contributed by atoms with Crippen molar-refractivity contribution < 1.29 is 23.0 Å². The molecule has 0 aromatic carbocycles. The minimum Gasteiger partial charge on any atom is -0.493 e. The molecular formula is C19H21ClF2N4O3. The number of methoxy groups -OCH3 is 2. The summed E-state index contributed by atoms with van der Waals surface area (Å²) < 4.78 is 37.8. The van der Waals surface area contributed by atoms with Crippen molar-refractivity contribution in [1.29, 1.82) is 0 Å². The quantitative estimate of drug-likeness (QED) is 0.552. The number of rotatable bonds is 8. The first-order chi connectivity index (χ1) is 13.5. The lowest BCUT2D eigenvalue weighted by atomic mass is 10.2. The van der Waals surface area contributed by atoms with Gasteiger partial charge >= 0.3 is 0 Å². The average Bonchev–Trinajstić information content (AvgIpc) is 3.10. The lowest BCUT2D eigenvalue weighted by Gasteiger charge is -2.09. The summed E-state index contributed by atoms with van der Waals surface area (Å²) in [6.07, 6.45) is 2.35. The van der Waals surface area contributed by atoms with Crippen LogP contribution in [-0.2, 0) is 11.2 Å². The highest BCUT2D eigenvalue weighted by atomic mass is 35.5. The van der Waals surface area contributed by atoms with E-state index in [1.165, 1.54) is 25.3 Å². The first-order valence-electron chi connectivity index (χ1n) is 8.63. The molecule has 29 heavy (non-hydrogen) atoms. The number of hydrogen-bond acceptors (Lipinski definition) is 5. The fourth-order valence-corrected chi connectivity index (χ4v) is 2.75. The molecule has 0 fully saturated rings. The van der Waals surface area contributed by atoms with Crippen LogP contribution in [0.15, 0.2) is 36.7 Å². The van der Waals surface area contributed by atoms with Gasteiger partial charge in [0.15, 0.2) is 11.4 Å². The molecule has 1 amide bonds. The van der Waals surface area contributed by atoms with Gasteiger partial charge in [-0.25, -0.2) is 18.7 Å². The Bertz CT molecular complexity index is 981. The van der Waals surface area contributed by atoms with Gasteiger partial charge in [0.2, 0.25) is 0 Å². The molecule has 0 aliphatic rings. The van der Waals surface area contributed by atoms with Crippen molar-refractivity contribution in [2.45, 2.75) is 19.3 Å². The van der Waals surface area contributed by atoms with Gasteiger partial charge in [-0.05, 0) is 25.0 Å². The number of halogens is 3. The number of pyridine rings is 2. The fraction of sp³-hybridized carbons (Fsp3) is 0.316. The van der Waals surface area contributed by atoms with Crippen LogP contribution in [0.2, 0.25) is 0 Å². The molecular weight excluding hydrogens is 406 g/mol. The van der Waals surface area contributed by atoms with Crippen molar-refractivity contribution in [2.75, 3.05) is 26.1 Å². The first kappa shape index (κ1) is 22.5. The molecule has 156 valence electrons. The van der Waals surface area contributed by atoms with Crippen molar-refractivity contribution in [2.24, 2.45) is 0 Å².